The molecule has 2 rings (SSSR count). The Morgan fingerprint density at radius 2 is 1.68 bits per heavy atom. The summed E-state index contributed by atoms with van der Waals surface area (Å²) in [5.41, 5.74) is 4.27. The van der Waals surface area contributed by atoms with E-state index in [0.29, 0.717) is 5.75 Å². The summed E-state index contributed by atoms with van der Waals surface area (Å²) in [4.78, 5) is 12.2. The minimum Gasteiger partial charge on any atom is -0.497 e. The lowest BCUT2D eigenvalue weighted by atomic mass is 9.84. The van der Waals surface area contributed by atoms with Gasteiger partial charge in [-0.15, -0.1) is 0 Å². The van der Waals surface area contributed by atoms with Crippen LogP contribution in [0.1, 0.15) is 53.4 Å². The summed E-state index contributed by atoms with van der Waals surface area (Å²) >= 11 is 0. The Morgan fingerprint density at radius 1 is 1.08 bits per heavy atom. The van der Waals surface area contributed by atoms with Crippen molar-refractivity contribution in [3.8, 4) is 5.75 Å². The first-order valence-electron chi connectivity index (χ1n) is 8.24. The van der Waals surface area contributed by atoms with Crippen LogP contribution in [0.3, 0.4) is 0 Å². The number of hydrogen-bond donors (Lipinski definition) is 0. The van der Waals surface area contributed by atoms with Crippen LogP contribution in [0, 0.1) is 19.7 Å². The van der Waals surface area contributed by atoms with Gasteiger partial charge in [0.25, 0.3) is 0 Å². The van der Waals surface area contributed by atoms with Crippen LogP contribution in [0.5, 0.6) is 5.75 Å². The minimum absolute atomic E-state index is 0.0525. The quantitative estimate of drug-likeness (QED) is 0.723. The van der Waals surface area contributed by atoms with Gasteiger partial charge >= 0.3 is 5.97 Å². The normalized spacial score (nSPS) is 11.3. The number of aryl methyl sites for hydroxylation is 2. The summed E-state index contributed by atoms with van der Waals surface area (Å²) in [6.45, 7) is 10.6. The fourth-order valence-corrected chi connectivity index (χ4v) is 2.66. The lowest BCUT2D eigenvalue weighted by molar-refractivity contribution is 0.0466. The Balaban J connectivity index is 2.17. The molecule has 25 heavy (non-hydrogen) atoms. The first-order valence-corrected chi connectivity index (χ1v) is 8.24. The third kappa shape index (κ3) is 4.38. The molecule has 0 fully saturated rings. The van der Waals surface area contributed by atoms with Gasteiger partial charge in [-0.05, 0) is 53.6 Å². The van der Waals surface area contributed by atoms with Crippen molar-refractivity contribution in [2.75, 3.05) is 7.11 Å². The molecule has 0 aliphatic carbocycles. The third-order valence-corrected chi connectivity index (χ3v) is 4.31. The number of benzene rings is 2. The fourth-order valence-electron chi connectivity index (χ4n) is 2.66. The molecular formula is C21H25FO3. The van der Waals surface area contributed by atoms with Gasteiger partial charge in [0.15, 0.2) is 0 Å². The lowest BCUT2D eigenvalue weighted by Crippen LogP contribution is -2.14. The number of carbonyl (C=O) groups excluding carboxylic acids is 1. The van der Waals surface area contributed by atoms with Crippen molar-refractivity contribution >= 4 is 5.97 Å². The molecule has 0 saturated heterocycles. The van der Waals surface area contributed by atoms with Gasteiger partial charge in [0.1, 0.15) is 18.2 Å². The summed E-state index contributed by atoms with van der Waals surface area (Å²) in [6.07, 6.45) is 0. The van der Waals surface area contributed by atoms with Crippen molar-refractivity contribution in [2.45, 2.75) is 46.6 Å². The SMILES string of the molecule is COc1ccc(C(=O)OCc2c(C)cc(C(C)(C)C)cc2C)c(F)c1. The number of hydrogen-bond acceptors (Lipinski definition) is 3. The average Bonchev–Trinajstić information content (AvgIpc) is 2.52. The zero-order chi connectivity index (χ0) is 18.8. The average molecular weight is 344 g/mol. The van der Waals surface area contributed by atoms with Crippen molar-refractivity contribution in [1.29, 1.82) is 0 Å². The topological polar surface area (TPSA) is 35.5 Å². The van der Waals surface area contributed by atoms with E-state index in [2.05, 4.69) is 32.9 Å². The molecule has 4 heteroatoms. The molecule has 0 atom stereocenters. The molecule has 0 bridgehead atoms. The summed E-state index contributed by atoms with van der Waals surface area (Å²) in [5, 5.41) is 0. The number of rotatable bonds is 4. The maximum atomic E-state index is 14.0. The Kier molecular flexibility index (Phi) is 5.51. The zero-order valence-corrected chi connectivity index (χ0v) is 15.7. The van der Waals surface area contributed by atoms with E-state index in [9.17, 15) is 9.18 Å². The van der Waals surface area contributed by atoms with Gasteiger partial charge in [0.2, 0.25) is 0 Å². The maximum Gasteiger partial charge on any atom is 0.341 e. The van der Waals surface area contributed by atoms with Crippen LogP contribution in [-0.2, 0) is 16.8 Å². The summed E-state index contributed by atoms with van der Waals surface area (Å²) in [6, 6.07) is 8.31. The molecular weight excluding hydrogens is 319 g/mol. The number of halogens is 1. The lowest BCUT2D eigenvalue weighted by Gasteiger charge is -2.22. The zero-order valence-electron chi connectivity index (χ0n) is 15.7. The molecule has 0 saturated carbocycles. The van der Waals surface area contributed by atoms with Crippen molar-refractivity contribution in [3.05, 3.63) is 64.0 Å². The Hall–Kier alpha value is -2.36. The standard InChI is InChI=1S/C21H25FO3/c1-13-9-15(21(3,4)5)10-14(2)18(13)12-25-20(23)17-8-7-16(24-6)11-19(17)22/h7-11H,12H2,1-6H3. The van der Waals surface area contributed by atoms with E-state index in [1.807, 2.05) is 13.8 Å². The molecule has 0 N–H and O–H groups in total. The summed E-state index contributed by atoms with van der Waals surface area (Å²) in [5.74, 6) is -0.974. The van der Waals surface area contributed by atoms with E-state index >= 15 is 0 Å². The van der Waals surface area contributed by atoms with Crippen LogP contribution in [0.25, 0.3) is 0 Å². The second-order valence-electron chi connectivity index (χ2n) is 7.26. The van der Waals surface area contributed by atoms with Crippen LogP contribution in [0.4, 0.5) is 4.39 Å². The second-order valence-corrected chi connectivity index (χ2v) is 7.26. The molecule has 2 aromatic rings. The number of methoxy groups -OCH3 is 1. The molecule has 0 heterocycles. The highest BCUT2D eigenvalue weighted by molar-refractivity contribution is 5.89. The van der Waals surface area contributed by atoms with Gasteiger partial charge in [-0.3, -0.25) is 0 Å². The van der Waals surface area contributed by atoms with Gasteiger partial charge in [-0.1, -0.05) is 32.9 Å². The Labute approximate surface area is 148 Å². The highest BCUT2D eigenvalue weighted by Crippen LogP contribution is 2.27. The van der Waals surface area contributed by atoms with Gasteiger partial charge in [0, 0.05) is 6.07 Å². The van der Waals surface area contributed by atoms with Crippen LogP contribution < -0.4 is 4.74 Å². The molecule has 134 valence electrons. The summed E-state index contributed by atoms with van der Waals surface area (Å²) < 4.78 is 24.2. The molecule has 0 unspecified atom stereocenters. The van der Waals surface area contributed by atoms with E-state index in [1.54, 1.807) is 0 Å². The molecule has 0 aliphatic heterocycles. The van der Waals surface area contributed by atoms with Crippen molar-refractivity contribution < 1.29 is 18.7 Å². The number of carbonyl (C=O) groups is 1. The fraction of sp³-hybridized carbons (Fsp3) is 0.381. The van der Waals surface area contributed by atoms with Gasteiger partial charge in [-0.25, -0.2) is 9.18 Å². The first kappa shape index (κ1) is 19.0. The largest absolute Gasteiger partial charge is 0.497 e. The summed E-state index contributed by atoms with van der Waals surface area (Å²) in [7, 11) is 1.44. The molecule has 3 nitrogen and oxygen atoms in total. The van der Waals surface area contributed by atoms with Crippen LogP contribution in [0.2, 0.25) is 0 Å². The highest BCUT2D eigenvalue weighted by Gasteiger charge is 2.18. The van der Waals surface area contributed by atoms with Gasteiger partial charge in [0.05, 0.1) is 12.7 Å². The molecule has 0 spiro atoms. The van der Waals surface area contributed by atoms with E-state index in [-0.39, 0.29) is 17.6 Å². The van der Waals surface area contributed by atoms with Crippen molar-refractivity contribution in [3.63, 3.8) is 0 Å². The van der Waals surface area contributed by atoms with E-state index in [4.69, 9.17) is 9.47 Å². The Morgan fingerprint density at radius 3 is 2.16 bits per heavy atom. The first-order chi connectivity index (χ1) is 11.6. The van der Waals surface area contributed by atoms with Crippen LogP contribution in [-0.4, -0.2) is 13.1 Å². The molecule has 0 aliphatic rings. The third-order valence-electron chi connectivity index (χ3n) is 4.31. The van der Waals surface area contributed by atoms with E-state index in [0.717, 1.165) is 16.7 Å². The second kappa shape index (κ2) is 7.26. The number of esters is 1. The molecule has 0 aromatic heterocycles. The molecule has 0 amide bonds. The number of ether oxygens (including phenoxy) is 2. The van der Waals surface area contributed by atoms with Gasteiger partial charge < -0.3 is 9.47 Å². The van der Waals surface area contributed by atoms with E-state index < -0.39 is 11.8 Å². The molecule has 2 aromatic carbocycles. The molecule has 0 radical (unpaired) electrons. The minimum atomic E-state index is -0.682. The smallest absolute Gasteiger partial charge is 0.341 e. The predicted octanol–water partition coefficient (Wildman–Crippen LogP) is 5.11. The van der Waals surface area contributed by atoms with Gasteiger partial charge in [-0.2, -0.15) is 0 Å². The van der Waals surface area contributed by atoms with Crippen LogP contribution in [0.15, 0.2) is 30.3 Å². The van der Waals surface area contributed by atoms with Crippen molar-refractivity contribution in [2.24, 2.45) is 0 Å². The highest BCUT2D eigenvalue weighted by atomic mass is 19.1. The maximum absolute atomic E-state index is 14.0. The van der Waals surface area contributed by atoms with E-state index in [1.165, 1.54) is 30.9 Å². The predicted molar refractivity (Wildman–Crippen MR) is 96.7 cm³/mol. The Bertz CT molecular complexity index is 765. The monoisotopic (exact) mass is 344 g/mol. The van der Waals surface area contributed by atoms with Crippen LogP contribution >= 0.6 is 0 Å². The van der Waals surface area contributed by atoms with Crippen molar-refractivity contribution in [1.82, 2.24) is 0 Å².